The molecule has 0 bridgehead atoms. The van der Waals surface area contributed by atoms with Crippen molar-refractivity contribution in [1.82, 2.24) is 0 Å². The van der Waals surface area contributed by atoms with Crippen LogP contribution in [-0.2, 0) is 23.9 Å². The van der Waals surface area contributed by atoms with Gasteiger partial charge in [0.05, 0.1) is 5.41 Å². The Morgan fingerprint density at radius 2 is 1.86 bits per heavy atom. The van der Waals surface area contributed by atoms with Crippen molar-refractivity contribution in [2.75, 3.05) is 0 Å². The minimum absolute atomic E-state index is 0.0236. The number of aliphatic hydroxyl groups excluding tert-OH is 1. The van der Waals surface area contributed by atoms with Crippen molar-refractivity contribution < 1.29 is 29.0 Å². The van der Waals surface area contributed by atoms with E-state index in [0.717, 1.165) is 19.1 Å². The molecule has 0 heterocycles. The first-order chi connectivity index (χ1) is 13.0. The monoisotopic (exact) mass is 388 g/mol. The molecule has 152 valence electrons. The first kappa shape index (κ1) is 20.5. The van der Waals surface area contributed by atoms with Crippen LogP contribution in [0, 0.1) is 22.7 Å². The topological polar surface area (TPSA) is 97.7 Å². The normalized spacial score (nSPS) is 32.2. The van der Waals surface area contributed by atoms with Crippen molar-refractivity contribution in [2.24, 2.45) is 22.7 Å². The summed E-state index contributed by atoms with van der Waals surface area (Å²) in [6, 6.07) is 0. The van der Waals surface area contributed by atoms with Gasteiger partial charge in [-0.05, 0) is 36.5 Å². The number of ketones is 2. The molecule has 0 aromatic heterocycles. The molecule has 28 heavy (non-hydrogen) atoms. The lowest BCUT2D eigenvalue weighted by molar-refractivity contribution is -0.150. The minimum atomic E-state index is -1.14. The quantitative estimate of drug-likeness (QED) is 0.345. The highest BCUT2D eigenvalue weighted by Gasteiger charge is 2.60. The molecule has 1 fully saturated rings. The molecule has 0 aromatic rings. The third-order valence-electron chi connectivity index (χ3n) is 6.77. The number of ether oxygens (including phenoxy) is 1. The Labute approximate surface area is 165 Å². The van der Waals surface area contributed by atoms with Crippen molar-refractivity contribution in [3.8, 4) is 0 Å². The fourth-order valence-corrected chi connectivity index (χ4v) is 5.59. The molecule has 3 aliphatic carbocycles. The SMILES string of the molecule is CC(=O)OC1CC2C(C)(C)CCCC2(C=O)C2=C1C(O)=C(C(C)C)C(=O)C2=O. The number of hydrogen-bond donors (Lipinski definition) is 1. The first-order valence-corrected chi connectivity index (χ1v) is 9.88. The summed E-state index contributed by atoms with van der Waals surface area (Å²) in [5, 5.41) is 11.0. The fraction of sp³-hybridized carbons (Fsp3) is 0.636. The van der Waals surface area contributed by atoms with Gasteiger partial charge < -0.3 is 14.6 Å². The predicted molar refractivity (Wildman–Crippen MR) is 101 cm³/mol. The van der Waals surface area contributed by atoms with Crippen LogP contribution in [0.25, 0.3) is 0 Å². The Kier molecular flexibility index (Phi) is 4.89. The zero-order valence-electron chi connectivity index (χ0n) is 17.1. The number of aldehydes is 1. The van der Waals surface area contributed by atoms with E-state index in [1.54, 1.807) is 13.8 Å². The zero-order valence-corrected chi connectivity index (χ0v) is 17.1. The maximum Gasteiger partial charge on any atom is 0.303 e. The average molecular weight is 388 g/mol. The van der Waals surface area contributed by atoms with Crippen molar-refractivity contribution in [3.63, 3.8) is 0 Å². The van der Waals surface area contributed by atoms with Gasteiger partial charge in [0.2, 0.25) is 11.6 Å². The number of hydrogen-bond acceptors (Lipinski definition) is 6. The van der Waals surface area contributed by atoms with Crippen LogP contribution in [0.2, 0.25) is 0 Å². The molecule has 0 radical (unpaired) electrons. The van der Waals surface area contributed by atoms with E-state index in [4.69, 9.17) is 4.74 Å². The van der Waals surface area contributed by atoms with Gasteiger partial charge in [0.15, 0.2) is 0 Å². The van der Waals surface area contributed by atoms with Crippen LogP contribution in [0.15, 0.2) is 22.5 Å². The molecule has 1 saturated carbocycles. The Morgan fingerprint density at radius 3 is 2.39 bits per heavy atom. The molecule has 3 rings (SSSR count). The number of carbonyl (C=O) groups is 4. The second-order valence-electron chi connectivity index (χ2n) is 9.25. The van der Waals surface area contributed by atoms with Crippen LogP contribution < -0.4 is 0 Å². The molecule has 3 aliphatic rings. The van der Waals surface area contributed by atoms with Gasteiger partial charge in [-0.2, -0.15) is 0 Å². The highest BCUT2D eigenvalue weighted by Crippen LogP contribution is 2.61. The summed E-state index contributed by atoms with van der Waals surface area (Å²) < 4.78 is 5.50. The van der Waals surface area contributed by atoms with Gasteiger partial charge in [-0.25, -0.2) is 0 Å². The molecule has 1 N–H and O–H groups in total. The second-order valence-corrected chi connectivity index (χ2v) is 9.25. The third-order valence-corrected chi connectivity index (χ3v) is 6.77. The van der Waals surface area contributed by atoms with E-state index < -0.39 is 29.1 Å². The van der Waals surface area contributed by atoms with Gasteiger partial charge in [-0.1, -0.05) is 34.1 Å². The van der Waals surface area contributed by atoms with Gasteiger partial charge >= 0.3 is 5.97 Å². The molecule has 0 amide bonds. The number of allylic oxidation sites excluding steroid dienone is 2. The molecular weight excluding hydrogens is 360 g/mol. The van der Waals surface area contributed by atoms with E-state index in [9.17, 15) is 24.3 Å². The fourth-order valence-electron chi connectivity index (χ4n) is 5.59. The van der Waals surface area contributed by atoms with Crippen LogP contribution in [0.3, 0.4) is 0 Å². The Balaban J connectivity index is 2.36. The molecular formula is C22H28O6. The number of rotatable bonds is 3. The summed E-state index contributed by atoms with van der Waals surface area (Å²) in [7, 11) is 0. The molecule has 3 atom stereocenters. The lowest BCUT2D eigenvalue weighted by Crippen LogP contribution is -2.55. The standard InChI is InChI=1S/C22H28O6/c1-11(2)15-18(25)16-13(28-12(3)24)9-14-21(4,5)7-6-8-22(14,10-23)17(16)20(27)19(15)26/h10-11,13-14,25H,6-9H2,1-5H3. The van der Waals surface area contributed by atoms with Crippen LogP contribution in [-0.4, -0.2) is 35.0 Å². The third kappa shape index (κ3) is 2.76. The van der Waals surface area contributed by atoms with E-state index in [-0.39, 0.29) is 39.7 Å². The first-order valence-electron chi connectivity index (χ1n) is 9.88. The maximum absolute atomic E-state index is 13.2. The van der Waals surface area contributed by atoms with E-state index >= 15 is 0 Å². The largest absolute Gasteiger partial charge is 0.507 e. The van der Waals surface area contributed by atoms with E-state index in [1.165, 1.54) is 6.92 Å². The van der Waals surface area contributed by atoms with E-state index in [0.29, 0.717) is 12.8 Å². The van der Waals surface area contributed by atoms with Gasteiger partial charge in [0, 0.05) is 23.6 Å². The Morgan fingerprint density at radius 1 is 1.21 bits per heavy atom. The Bertz CT molecular complexity index is 828. The van der Waals surface area contributed by atoms with Crippen molar-refractivity contribution in [1.29, 1.82) is 0 Å². The lowest BCUT2D eigenvalue weighted by atomic mass is 9.48. The maximum atomic E-state index is 13.2. The molecule has 3 unspecified atom stereocenters. The summed E-state index contributed by atoms with van der Waals surface area (Å²) in [6.45, 7) is 8.78. The smallest absolute Gasteiger partial charge is 0.303 e. The minimum Gasteiger partial charge on any atom is -0.507 e. The predicted octanol–water partition coefficient (Wildman–Crippen LogP) is 3.25. The van der Waals surface area contributed by atoms with Crippen LogP contribution in [0.5, 0.6) is 0 Å². The second kappa shape index (κ2) is 6.68. The summed E-state index contributed by atoms with van der Waals surface area (Å²) >= 11 is 0. The van der Waals surface area contributed by atoms with Crippen molar-refractivity contribution >= 4 is 23.8 Å². The van der Waals surface area contributed by atoms with E-state index in [1.807, 2.05) is 13.8 Å². The summed E-state index contributed by atoms with van der Waals surface area (Å²) in [5.41, 5.74) is -1.20. The summed E-state index contributed by atoms with van der Waals surface area (Å²) in [6.07, 6.45) is 2.32. The molecule has 0 saturated heterocycles. The lowest BCUT2D eigenvalue weighted by Gasteiger charge is -2.55. The number of esters is 1. The van der Waals surface area contributed by atoms with Crippen molar-refractivity contribution in [3.05, 3.63) is 22.5 Å². The van der Waals surface area contributed by atoms with Crippen LogP contribution in [0.1, 0.15) is 60.3 Å². The Hall–Kier alpha value is -2.24. The van der Waals surface area contributed by atoms with Gasteiger partial charge in [0.25, 0.3) is 0 Å². The highest BCUT2D eigenvalue weighted by atomic mass is 16.5. The number of carbonyl (C=O) groups excluding carboxylic acids is 4. The molecule has 0 spiro atoms. The van der Waals surface area contributed by atoms with Gasteiger partial charge in [-0.3, -0.25) is 14.4 Å². The summed E-state index contributed by atoms with van der Waals surface area (Å²) in [5.74, 6) is -2.99. The molecule has 0 aliphatic heterocycles. The molecule has 6 nitrogen and oxygen atoms in total. The van der Waals surface area contributed by atoms with Crippen LogP contribution in [0.4, 0.5) is 0 Å². The number of Topliss-reactive ketones (excluding diaryl/α,β-unsaturated/α-hetero) is 2. The molecule has 6 heteroatoms. The highest BCUT2D eigenvalue weighted by molar-refractivity contribution is 6.51. The van der Waals surface area contributed by atoms with E-state index in [2.05, 4.69) is 0 Å². The number of fused-ring (bicyclic) bond motifs is 2. The molecule has 0 aromatic carbocycles. The average Bonchev–Trinajstić information content (AvgIpc) is 2.58. The number of aliphatic hydroxyl groups is 1. The van der Waals surface area contributed by atoms with Crippen LogP contribution >= 0.6 is 0 Å². The summed E-state index contributed by atoms with van der Waals surface area (Å²) in [4.78, 5) is 50.3. The van der Waals surface area contributed by atoms with Crippen molar-refractivity contribution in [2.45, 2.75) is 66.4 Å². The van der Waals surface area contributed by atoms with Gasteiger partial charge in [0.1, 0.15) is 18.1 Å². The zero-order chi connectivity index (χ0) is 21.0. The van der Waals surface area contributed by atoms with Gasteiger partial charge in [-0.15, -0.1) is 0 Å².